The molecule has 2 heterocycles. The van der Waals surface area contributed by atoms with Crippen molar-refractivity contribution in [2.45, 2.75) is 25.9 Å². The fourth-order valence-corrected chi connectivity index (χ4v) is 2.29. The van der Waals surface area contributed by atoms with Gasteiger partial charge in [-0.25, -0.2) is 0 Å². The Bertz CT molecular complexity index is 392. The zero-order valence-corrected chi connectivity index (χ0v) is 11.7. The van der Waals surface area contributed by atoms with Crippen LogP contribution in [0, 0.1) is 5.92 Å². The first-order chi connectivity index (χ1) is 9.26. The third-order valence-electron chi connectivity index (χ3n) is 3.37. The molecule has 19 heavy (non-hydrogen) atoms. The van der Waals surface area contributed by atoms with E-state index in [1.807, 2.05) is 0 Å². The van der Waals surface area contributed by atoms with E-state index in [1.54, 1.807) is 20.3 Å². The van der Waals surface area contributed by atoms with E-state index in [2.05, 4.69) is 22.2 Å². The Morgan fingerprint density at radius 3 is 2.58 bits per heavy atom. The summed E-state index contributed by atoms with van der Waals surface area (Å²) in [6.07, 6.45) is 2.45. The number of aromatic nitrogens is 2. The number of rotatable bonds is 6. The minimum absolute atomic E-state index is 0.333. The van der Waals surface area contributed by atoms with Gasteiger partial charge in [0.1, 0.15) is 0 Å². The summed E-state index contributed by atoms with van der Waals surface area (Å²) in [6, 6.07) is 1.65. The van der Waals surface area contributed by atoms with Crippen molar-refractivity contribution >= 4 is 5.95 Å². The molecular formula is C13H21N3O3. The summed E-state index contributed by atoms with van der Waals surface area (Å²) in [5.41, 5.74) is 0. The maximum absolute atomic E-state index is 5.66. The molecule has 0 radical (unpaired) electrons. The van der Waals surface area contributed by atoms with Crippen molar-refractivity contribution in [3.8, 4) is 11.8 Å². The Hall–Kier alpha value is -1.56. The van der Waals surface area contributed by atoms with E-state index in [9.17, 15) is 0 Å². The fraction of sp³-hybridized carbons (Fsp3) is 0.692. The molecule has 1 aliphatic heterocycles. The molecular weight excluding hydrogens is 246 g/mol. The maximum atomic E-state index is 5.66. The second-order valence-electron chi connectivity index (χ2n) is 4.52. The lowest BCUT2D eigenvalue weighted by Crippen LogP contribution is -2.23. The summed E-state index contributed by atoms with van der Waals surface area (Å²) >= 11 is 0. The van der Waals surface area contributed by atoms with Gasteiger partial charge in [-0.05, 0) is 12.8 Å². The van der Waals surface area contributed by atoms with Crippen LogP contribution >= 0.6 is 0 Å². The third kappa shape index (κ3) is 3.47. The molecule has 0 spiro atoms. The van der Waals surface area contributed by atoms with Crippen LogP contribution in [0.4, 0.5) is 5.95 Å². The smallest absolute Gasteiger partial charge is 0.229 e. The number of hydrogen-bond acceptors (Lipinski definition) is 6. The topological polar surface area (TPSA) is 65.5 Å². The van der Waals surface area contributed by atoms with Crippen LogP contribution in [0.5, 0.6) is 11.8 Å². The number of nitrogens with one attached hydrogen (secondary N) is 1. The Morgan fingerprint density at radius 2 is 2.00 bits per heavy atom. The molecule has 6 nitrogen and oxygen atoms in total. The highest BCUT2D eigenvalue weighted by Gasteiger charge is 2.26. The molecule has 1 fully saturated rings. The summed E-state index contributed by atoms with van der Waals surface area (Å²) < 4.78 is 15.9. The van der Waals surface area contributed by atoms with Gasteiger partial charge in [0.2, 0.25) is 17.7 Å². The van der Waals surface area contributed by atoms with Gasteiger partial charge in [0.05, 0.1) is 26.4 Å². The molecule has 1 aromatic rings. The normalized spacial score (nSPS) is 22.3. The maximum Gasteiger partial charge on any atom is 0.229 e. The summed E-state index contributed by atoms with van der Waals surface area (Å²) in [4.78, 5) is 8.49. The standard InChI is InChI=1S/C13H21N3O3/c1-4-10-9(5-6-19-10)8-14-13-15-11(17-2)7-12(16-13)18-3/h7,9-10H,4-6,8H2,1-3H3,(H,14,15,16). The van der Waals surface area contributed by atoms with Crippen molar-refractivity contribution in [2.75, 3.05) is 32.7 Å². The lowest BCUT2D eigenvalue weighted by molar-refractivity contribution is 0.0900. The molecule has 0 aromatic carbocycles. The van der Waals surface area contributed by atoms with Crippen molar-refractivity contribution in [3.05, 3.63) is 6.07 Å². The second kappa shape index (κ2) is 6.56. The van der Waals surface area contributed by atoms with Crippen LogP contribution in [0.25, 0.3) is 0 Å². The molecule has 0 saturated carbocycles. The molecule has 1 N–H and O–H groups in total. The van der Waals surface area contributed by atoms with Crippen molar-refractivity contribution in [1.82, 2.24) is 9.97 Å². The molecule has 0 bridgehead atoms. The Balaban J connectivity index is 1.98. The van der Waals surface area contributed by atoms with E-state index in [4.69, 9.17) is 14.2 Å². The van der Waals surface area contributed by atoms with Gasteiger partial charge in [-0.15, -0.1) is 0 Å². The van der Waals surface area contributed by atoms with Crippen LogP contribution in [-0.2, 0) is 4.74 Å². The first-order valence-electron chi connectivity index (χ1n) is 6.59. The first-order valence-corrected chi connectivity index (χ1v) is 6.59. The van der Waals surface area contributed by atoms with Crippen LogP contribution in [0.3, 0.4) is 0 Å². The minimum atomic E-state index is 0.333. The van der Waals surface area contributed by atoms with Gasteiger partial charge >= 0.3 is 0 Å². The summed E-state index contributed by atoms with van der Waals surface area (Å²) in [7, 11) is 3.15. The number of nitrogens with zero attached hydrogens (tertiary/aromatic N) is 2. The third-order valence-corrected chi connectivity index (χ3v) is 3.37. The molecule has 0 aliphatic carbocycles. The quantitative estimate of drug-likeness (QED) is 0.846. The SMILES string of the molecule is CCC1OCCC1CNc1nc(OC)cc(OC)n1. The van der Waals surface area contributed by atoms with E-state index in [-0.39, 0.29) is 0 Å². The first kappa shape index (κ1) is 13.9. The van der Waals surface area contributed by atoms with Crippen LogP contribution in [0.2, 0.25) is 0 Å². The van der Waals surface area contributed by atoms with Crippen LogP contribution in [-0.4, -0.2) is 43.4 Å². The number of hydrogen-bond donors (Lipinski definition) is 1. The van der Waals surface area contributed by atoms with Crippen molar-refractivity contribution in [3.63, 3.8) is 0 Å². The van der Waals surface area contributed by atoms with Gasteiger partial charge < -0.3 is 19.5 Å². The molecule has 2 unspecified atom stereocenters. The Kier molecular flexibility index (Phi) is 4.79. The van der Waals surface area contributed by atoms with E-state index in [1.165, 1.54) is 0 Å². The van der Waals surface area contributed by atoms with Crippen molar-refractivity contribution < 1.29 is 14.2 Å². The number of anilines is 1. The van der Waals surface area contributed by atoms with Crippen LogP contribution in [0.1, 0.15) is 19.8 Å². The molecule has 1 aromatic heterocycles. The fourth-order valence-electron chi connectivity index (χ4n) is 2.29. The van der Waals surface area contributed by atoms with Gasteiger partial charge in [-0.2, -0.15) is 9.97 Å². The summed E-state index contributed by atoms with van der Waals surface area (Å²) in [5.74, 6) is 2.01. The number of ether oxygens (including phenoxy) is 3. The molecule has 1 aliphatic rings. The van der Waals surface area contributed by atoms with Crippen LogP contribution < -0.4 is 14.8 Å². The molecule has 6 heteroatoms. The molecule has 1 saturated heterocycles. The summed E-state index contributed by atoms with van der Waals surface area (Å²) in [6.45, 7) is 3.79. The van der Waals surface area contributed by atoms with Crippen molar-refractivity contribution in [1.29, 1.82) is 0 Å². The van der Waals surface area contributed by atoms with E-state index < -0.39 is 0 Å². The number of methoxy groups -OCH3 is 2. The molecule has 106 valence electrons. The van der Waals surface area contributed by atoms with E-state index in [0.717, 1.165) is 26.0 Å². The Labute approximate surface area is 113 Å². The molecule has 2 rings (SSSR count). The van der Waals surface area contributed by atoms with Crippen molar-refractivity contribution in [2.24, 2.45) is 5.92 Å². The van der Waals surface area contributed by atoms with Gasteiger partial charge in [0.15, 0.2) is 0 Å². The highest BCUT2D eigenvalue weighted by Crippen LogP contribution is 2.24. The minimum Gasteiger partial charge on any atom is -0.481 e. The lowest BCUT2D eigenvalue weighted by atomic mass is 10.00. The largest absolute Gasteiger partial charge is 0.481 e. The predicted molar refractivity (Wildman–Crippen MR) is 71.8 cm³/mol. The van der Waals surface area contributed by atoms with Crippen LogP contribution in [0.15, 0.2) is 6.07 Å². The predicted octanol–water partition coefficient (Wildman–Crippen LogP) is 1.72. The van der Waals surface area contributed by atoms with Gasteiger partial charge in [0, 0.05) is 19.1 Å². The van der Waals surface area contributed by atoms with E-state index >= 15 is 0 Å². The van der Waals surface area contributed by atoms with Gasteiger partial charge in [-0.1, -0.05) is 6.92 Å². The zero-order chi connectivity index (χ0) is 13.7. The second-order valence-corrected chi connectivity index (χ2v) is 4.52. The molecule has 0 amide bonds. The van der Waals surface area contributed by atoms with Gasteiger partial charge in [-0.3, -0.25) is 0 Å². The Morgan fingerprint density at radius 1 is 1.32 bits per heavy atom. The average molecular weight is 267 g/mol. The highest BCUT2D eigenvalue weighted by atomic mass is 16.5. The summed E-state index contributed by atoms with van der Waals surface area (Å²) in [5, 5.41) is 3.24. The van der Waals surface area contributed by atoms with E-state index in [0.29, 0.717) is 29.7 Å². The monoisotopic (exact) mass is 267 g/mol. The van der Waals surface area contributed by atoms with Gasteiger partial charge in [0.25, 0.3) is 0 Å². The zero-order valence-electron chi connectivity index (χ0n) is 11.7. The molecule has 2 atom stereocenters. The lowest BCUT2D eigenvalue weighted by Gasteiger charge is -2.17. The highest BCUT2D eigenvalue weighted by molar-refractivity contribution is 5.33. The average Bonchev–Trinajstić information content (AvgIpc) is 2.92.